The quantitative estimate of drug-likeness (QED) is 0.650. The van der Waals surface area contributed by atoms with Crippen molar-refractivity contribution >= 4 is 23.5 Å². The summed E-state index contributed by atoms with van der Waals surface area (Å²) in [6.45, 7) is 0. The smallest absolute Gasteiger partial charge is 0.240 e. The third-order valence-electron chi connectivity index (χ3n) is 2.43. The fourth-order valence-corrected chi connectivity index (χ4v) is 2.10. The van der Waals surface area contributed by atoms with Crippen LogP contribution in [0.4, 0.5) is 0 Å². The molecule has 4 heteroatoms. The van der Waals surface area contributed by atoms with Gasteiger partial charge in [0.15, 0.2) is 0 Å². The Labute approximate surface area is 110 Å². The monoisotopic (exact) mass is 258 g/mol. The van der Waals surface area contributed by atoms with Crippen LogP contribution in [0.15, 0.2) is 52.3 Å². The summed E-state index contributed by atoms with van der Waals surface area (Å²) in [5, 5.41) is 7.85. The van der Waals surface area contributed by atoms with Gasteiger partial charge in [0.05, 0.1) is 6.21 Å². The molecule has 2 aromatic rings. The molecule has 1 aromatic heterocycles. The van der Waals surface area contributed by atoms with Gasteiger partial charge in [-0.05, 0) is 28.8 Å². The number of hydrogen-bond acceptors (Lipinski definition) is 3. The first-order chi connectivity index (χ1) is 8.84. The van der Waals surface area contributed by atoms with E-state index in [0.717, 1.165) is 17.5 Å². The zero-order valence-corrected chi connectivity index (χ0v) is 10.7. The number of rotatable bonds is 5. The highest BCUT2D eigenvalue weighted by Gasteiger charge is 2.00. The van der Waals surface area contributed by atoms with E-state index in [1.54, 1.807) is 17.6 Å². The van der Waals surface area contributed by atoms with Crippen LogP contribution in [-0.2, 0) is 11.2 Å². The Morgan fingerprint density at radius 1 is 1.28 bits per heavy atom. The Morgan fingerprint density at radius 3 is 2.83 bits per heavy atom. The van der Waals surface area contributed by atoms with Crippen molar-refractivity contribution in [2.45, 2.75) is 12.8 Å². The second kappa shape index (κ2) is 6.71. The molecule has 1 aromatic carbocycles. The number of hydrogen-bond donors (Lipinski definition) is 1. The topological polar surface area (TPSA) is 41.5 Å². The van der Waals surface area contributed by atoms with Crippen LogP contribution < -0.4 is 5.43 Å². The number of thiophene rings is 1. The highest BCUT2D eigenvalue weighted by molar-refractivity contribution is 7.08. The lowest BCUT2D eigenvalue weighted by atomic mass is 10.1. The molecule has 0 aliphatic rings. The van der Waals surface area contributed by atoms with Gasteiger partial charge in [-0.3, -0.25) is 4.79 Å². The summed E-state index contributed by atoms with van der Waals surface area (Å²) in [5.74, 6) is -0.0645. The highest BCUT2D eigenvalue weighted by atomic mass is 32.1. The molecular weight excluding hydrogens is 244 g/mol. The summed E-state index contributed by atoms with van der Waals surface area (Å²) in [6.07, 6.45) is 2.84. The summed E-state index contributed by atoms with van der Waals surface area (Å²) in [6, 6.07) is 11.9. The van der Waals surface area contributed by atoms with Gasteiger partial charge in [-0.1, -0.05) is 30.3 Å². The van der Waals surface area contributed by atoms with Crippen molar-refractivity contribution in [1.82, 2.24) is 5.43 Å². The molecule has 0 fully saturated rings. The lowest BCUT2D eigenvalue weighted by Gasteiger charge is -2.00. The molecule has 0 saturated carbocycles. The van der Waals surface area contributed by atoms with E-state index < -0.39 is 0 Å². The molecular formula is C14H14N2OS. The lowest BCUT2D eigenvalue weighted by Crippen LogP contribution is -2.17. The van der Waals surface area contributed by atoms with Crippen LogP contribution in [0.25, 0.3) is 0 Å². The predicted molar refractivity (Wildman–Crippen MR) is 74.8 cm³/mol. The molecule has 0 unspecified atom stereocenters. The van der Waals surface area contributed by atoms with Crippen molar-refractivity contribution in [3.05, 3.63) is 58.3 Å². The third-order valence-corrected chi connectivity index (χ3v) is 3.13. The summed E-state index contributed by atoms with van der Waals surface area (Å²) in [5.41, 5.74) is 4.69. The Morgan fingerprint density at radius 2 is 2.11 bits per heavy atom. The lowest BCUT2D eigenvalue weighted by molar-refractivity contribution is -0.121. The van der Waals surface area contributed by atoms with Gasteiger partial charge in [-0.15, -0.1) is 0 Å². The average Bonchev–Trinajstić information content (AvgIpc) is 2.91. The number of nitrogens with one attached hydrogen (secondary N) is 1. The normalized spacial score (nSPS) is 10.7. The fraction of sp³-hybridized carbons (Fsp3) is 0.143. The average molecular weight is 258 g/mol. The molecule has 2 rings (SSSR count). The molecule has 0 bridgehead atoms. The predicted octanol–water partition coefficient (Wildman–Crippen LogP) is 2.83. The van der Waals surface area contributed by atoms with Gasteiger partial charge in [-0.25, -0.2) is 5.43 Å². The van der Waals surface area contributed by atoms with Gasteiger partial charge >= 0.3 is 0 Å². The van der Waals surface area contributed by atoms with E-state index >= 15 is 0 Å². The molecule has 1 N–H and O–H groups in total. The molecule has 0 atom stereocenters. The second-order valence-electron chi connectivity index (χ2n) is 3.84. The van der Waals surface area contributed by atoms with Crippen LogP contribution in [0, 0.1) is 0 Å². The van der Waals surface area contributed by atoms with Gasteiger partial charge in [-0.2, -0.15) is 16.4 Å². The molecule has 0 saturated heterocycles. The van der Waals surface area contributed by atoms with Crippen molar-refractivity contribution in [2.75, 3.05) is 0 Å². The summed E-state index contributed by atoms with van der Waals surface area (Å²) >= 11 is 1.60. The molecule has 0 aliphatic carbocycles. The van der Waals surface area contributed by atoms with Crippen molar-refractivity contribution in [2.24, 2.45) is 5.10 Å². The minimum Gasteiger partial charge on any atom is -0.273 e. The molecule has 1 amide bonds. The first-order valence-electron chi connectivity index (χ1n) is 5.72. The maximum atomic E-state index is 11.5. The van der Waals surface area contributed by atoms with Crippen molar-refractivity contribution in [3.8, 4) is 0 Å². The second-order valence-corrected chi connectivity index (χ2v) is 4.62. The fourth-order valence-electron chi connectivity index (χ4n) is 1.49. The van der Waals surface area contributed by atoms with E-state index in [9.17, 15) is 4.79 Å². The molecule has 92 valence electrons. The first-order valence-corrected chi connectivity index (χ1v) is 6.67. The first kappa shape index (κ1) is 12.5. The van der Waals surface area contributed by atoms with Crippen molar-refractivity contribution in [3.63, 3.8) is 0 Å². The van der Waals surface area contributed by atoms with Gasteiger partial charge in [0.25, 0.3) is 0 Å². The van der Waals surface area contributed by atoms with Crippen LogP contribution >= 0.6 is 11.3 Å². The van der Waals surface area contributed by atoms with E-state index in [1.807, 2.05) is 47.2 Å². The maximum Gasteiger partial charge on any atom is 0.240 e. The van der Waals surface area contributed by atoms with Gasteiger partial charge < -0.3 is 0 Å². The molecule has 1 heterocycles. The van der Waals surface area contributed by atoms with Crippen LogP contribution in [-0.4, -0.2) is 12.1 Å². The number of aryl methyl sites for hydroxylation is 1. The van der Waals surface area contributed by atoms with E-state index in [4.69, 9.17) is 0 Å². The van der Waals surface area contributed by atoms with Crippen molar-refractivity contribution < 1.29 is 4.79 Å². The number of carbonyl (C=O) groups is 1. The van der Waals surface area contributed by atoms with Crippen molar-refractivity contribution in [1.29, 1.82) is 0 Å². The van der Waals surface area contributed by atoms with Crippen LogP contribution in [0.3, 0.4) is 0 Å². The Bertz CT molecular complexity index is 506. The van der Waals surface area contributed by atoms with Gasteiger partial charge in [0, 0.05) is 12.0 Å². The molecule has 0 spiro atoms. The number of hydrazone groups is 1. The minimum atomic E-state index is -0.0645. The minimum absolute atomic E-state index is 0.0645. The Kier molecular flexibility index (Phi) is 4.67. The summed E-state index contributed by atoms with van der Waals surface area (Å²) < 4.78 is 0. The number of carbonyl (C=O) groups excluding carboxylic acids is 1. The van der Waals surface area contributed by atoms with E-state index in [2.05, 4.69) is 10.5 Å². The number of benzene rings is 1. The maximum absolute atomic E-state index is 11.5. The summed E-state index contributed by atoms with van der Waals surface area (Å²) in [7, 11) is 0. The van der Waals surface area contributed by atoms with E-state index in [1.165, 1.54) is 0 Å². The van der Waals surface area contributed by atoms with E-state index in [0.29, 0.717) is 6.42 Å². The molecule has 0 aliphatic heterocycles. The molecule has 3 nitrogen and oxygen atoms in total. The standard InChI is InChI=1S/C14H14N2OS/c17-14(7-6-12-4-2-1-3-5-12)16-15-10-13-8-9-18-11-13/h1-5,8-11H,6-7H2,(H,16,17)/b15-10+. The zero-order chi connectivity index (χ0) is 12.6. The zero-order valence-electron chi connectivity index (χ0n) is 9.87. The molecule has 18 heavy (non-hydrogen) atoms. The molecule has 0 radical (unpaired) electrons. The Balaban J connectivity index is 1.73. The number of nitrogens with zero attached hydrogens (tertiary/aromatic N) is 1. The Hall–Kier alpha value is -1.94. The number of amides is 1. The largest absolute Gasteiger partial charge is 0.273 e. The van der Waals surface area contributed by atoms with E-state index in [-0.39, 0.29) is 5.91 Å². The van der Waals surface area contributed by atoms with Crippen LogP contribution in [0.2, 0.25) is 0 Å². The van der Waals surface area contributed by atoms with Crippen LogP contribution in [0.1, 0.15) is 17.5 Å². The van der Waals surface area contributed by atoms with Crippen LogP contribution in [0.5, 0.6) is 0 Å². The third kappa shape index (κ3) is 4.14. The van der Waals surface area contributed by atoms with Gasteiger partial charge in [0.1, 0.15) is 0 Å². The highest BCUT2D eigenvalue weighted by Crippen LogP contribution is 2.03. The summed E-state index contributed by atoms with van der Waals surface area (Å²) in [4.78, 5) is 11.5. The van der Waals surface area contributed by atoms with Gasteiger partial charge in [0.2, 0.25) is 5.91 Å². The SMILES string of the molecule is O=C(CCc1ccccc1)N/N=C/c1ccsc1.